The summed E-state index contributed by atoms with van der Waals surface area (Å²) < 4.78 is 20.3. The average molecular weight is 259 g/mol. The van der Waals surface area contributed by atoms with Gasteiger partial charge in [0.2, 0.25) is 11.7 Å². The Morgan fingerprint density at radius 1 is 1.37 bits per heavy atom. The molecule has 0 fully saturated rings. The smallest absolute Gasteiger partial charge is 0.240 e. The van der Waals surface area contributed by atoms with Gasteiger partial charge in [0, 0.05) is 18.0 Å². The first-order valence-corrected chi connectivity index (χ1v) is 5.60. The molecule has 0 bridgehead atoms. The van der Waals surface area contributed by atoms with E-state index >= 15 is 0 Å². The molecular weight excluding hydrogens is 249 g/mol. The molecular formula is C12H10FN5O. The van der Waals surface area contributed by atoms with Gasteiger partial charge in [0.05, 0.1) is 6.54 Å². The van der Waals surface area contributed by atoms with E-state index in [1.807, 2.05) is 0 Å². The molecule has 1 aromatic carbocycles. The fraction of sp³-hybridized carbons (Fsp3) is 0.0833. The van der Waals surface area contributed by atoms with E-state index in [-0.39, 0.29) is 6.54 Å². The first-order chi connectivity index (χ1) is 9.28. The van der Waals surface area contributed by atoms with Crippen LogP contribution in [0, 0.1) is 5.82 Å². The summed E-state index contributed by atoms with van der Waals surface area (Å²) >= 11 is 0. The number of nitrogens with zero attached hydrogens (tertiary/aromatic N) is 4. The fourth-order valence-electron chi connectivity index (χ4n) is 1.70. The number of nitrogens with two attached hydrogens (primary N) is 1. The summed E-state index contributed by atoms with van der Waals surface area (Å²) in [6, 6.07) is 6.36. The van der Waals surface area contributed by atoms with Gasteiger partial charge in [-0.2, -0.15) is 10.1 Å². The van der Waals surface area contributed by atoms with E-state index in [1.165, 1.54) is 10.7 Å². The quantitative estimate of drug-likeness (QED) is 0.771. The van der Waals surface area contributed by atoms with Gasteiger partial charge in [0.1, 0.15) is 11.5 Å². The summed E-state index contributed by atoms with van der Waals surface area (Å²) in [5.74, 6) is 0.207. The maximum absolute atomic E-state index is 14.0. The third-order valence-corrected chi connectivity index (χ3v) is 2.60. The number of rotatable bonds is 3. The van der Waals surface area contributed by atoms with Crippen LogP contribution in [0.2, 0.25) is 0 Å². The number of hydrogen-bond donors (Lipinski definition) is 1. The van der Waals surface area contributed by atoms with Crippen LogP contribution in [0.3, 0.4) is 0 Å². The highest BCUT2D eigenvalue weighted by atomic mass is 19.1. The van der Waals surface area contributed by atoms with E-state index in [4.69, 9.17) is 10.3 Å². The van der Waals surface area contributed by atoms with Crippen molar-refractivity contribution in [2.75, 3.05) is 0 Å². The van der Waals surface area contributed by atoms with Gasteiger partial charge >= 0.3 is 0 Å². The molecule has 0 spiro atoms. The highest BCUT2D eigenvalue weighted by Crippen LogP contribution is 2.21. The molecule has 2 N–H and O–H groups in total. The summed E-state index contributed by atoms with van der Waals surface area (Å²) in [5, 5.41) is 7.71. The Bertz CT molecular complexity index is 692. The summed E-state index contributed by atoms with van der Waals surface area (Å²) in [7, 11) is 0. The average Bonchev–Trinajstić information content (AvgIpc) is 3.10. The lowest BCUT2D eigenvalue weighted by Crippen LogP contribution is -1.98. The molecule has 0 radical (unpaired) electrons. The van der Waals surface area contributed by atoms with Crippen LogP contribution in [0.4, 0.5) is 4.39 Å². The van der Waals surface area contributed by atoms with Gasteiger partial charge in [0.15, 0.2) is 0 Å². The third kappa shape index (κ3) is 2.11. The molecule has 0 aliphatic rings. The highest BCUT2D eigenvalue weighted by molar-refractivity contribution is 5.57. The van der Waals surface area contributed by atoms with Gasteiger partial charge in [-0.25, -0.2) is 9.07 Å². The van der Waals surface area contributed by atoms with Gasteiger partial charge in [-0.15, -0.1) is 0 Å². The van der Waals surface area contributed by atoms with Gasteiger partial charge in [-0.1, -0.05) is 5.16 Å². The number of hydrogen-bond acceptors (Lipinski definition) is 5. The monoisotopic (exact) mass is 259 g/mol. The van der Waals surface area contributed by atoms with E-state index in [1.54, 1.807) is 30.6 Å². The lowest BCUT2D eigenvalue weighted by Gasteiger charge is -2.03. The molecule has 7 heteroatoms. The number of halogens is 1. The Morgan fingerprint density at radius 2 is 2.26 bits per heavy atom. The van der Waals surface area contributed by atoms with Gasteiger partial charge < -0.3 is 10.3 Å². The predicted octanol–water partition coefficient (Wildman–Crippen LogP) is 1.52. The zero-order chi connectivity index (χ0) is 13.2. The van der Waals surface area contributed by atoms with Crippen molar-refractivity contribution in [3.63, 3.8) is 0 Å². The molecule has 2 heterocycles. The van der Waals surface area contributed by atoms with Crippen molar-refractivity contribution in [3.8, 4) is 17.1 Å². The van der Waals surface area contributed by atoms with Crippen molar-refractivity contribution in [1.29, 1.82) is 0 Å². The topological polar surface area (TPSA) is 82.8 Å². The van der Waals surface area contributed by atoms with Crippen molar-refractivity contribution in [2.24, 2.45) is 5.73 Å². The Morgan fingerprint density at radius 3 is 2.89 bits per heavy atom. The SMILES string of the molecule is NCc1nc(-c2ccc(-n3cccn3)c(F)c2)no1. The molecule has 19 heavy (non-hydrogen) atoms. The largest absolute Gasteiger partial charge is 0.338 e. The van der Waals surface area contributed by atoms with Crippen molar-refractivity contribution in [3.05, 3.63) is 48.4 Å². The second kappa shape index (κ2) is 4.62. The molecule has 0 saturated heterocycles. The third-order valence-electron chi connectivity index (χ3n) is 2.60. The molecule has 3 rings (SSSR count). The zero-order valence-corrected chi connectivity index (χ0v) is 9.82. The van der Waals surface area contributed by atoms with Crippen LogP contribution in [-0.4, -0.2) is 19.9 Å². The lowest BCUT2D eigenvalue weighted by molar-refractivity contribution is 0.380. The van der Waals surface area contributed by atoms with Gasteiger partial charge in [-0.05, 0) is 24.3 Å². The van der Waals surface area contributed by atoms with E-state index in [2.05, 4.69) is 15.2 Å². The molecule has 0 unspecified atom stereocenters. The lowest BCUT2D eigenvalue weighted by atomic mass is 10.2. The predicted molar refractivity (Wildman–Crippen MR) is 64.7 cm³/mol. The fourth-order valence-corrected chi connectivity index (χ4v) is 1.70. The minimum absolute atomic E-state index is 0.154. The first-order valence-electron chi connectivity index (χ1n) is 5.60. The number of benzene rings is 1. The van der Waals surface area contributed by atoms with E-state index < -0.39 is 5.82 Å². The molecule has 2 aromatic heterocycles. The van der Waals surface area contributed by atoms with Gasteiger partial charge in [-0.3, -0.25) is 0 Å². The molecule has 0 aliphatic heterocycles. The normalized spacial score (nSPS) is 10.8. The Kier molecular flexibility index (Phi) is 2.81. The second-order valence-corrected chi connectivity index (χ2v) is 3.83. The van der Waals surface area contributed by atoms with Gasteiger partial charge in [0.25, 0.3) is 0 Å². The summed E-state index contributed by atoms with van der Waals surface area (Å²) in [6.45, 7) is 0.154. The Hall–Kier alpha value is -2.54. The van der Waals surface area contributed by atoms with E-state index in [0.717, 1.165) is 0 Å². The first kappa shape index (κ1) is 11.5. The zero-order valence-electron chi connectivity index (χ0n) is 9.82. The molecule has 3 aromatic rings. The van der Waals surface area contributed by atoms with Crippen LogP contribution in [0.1, 0.15) is 5.89 Å². The van der Waals surface area contributed by atoms with E-state index in [0.29, 0.717) is 23.0 Å². The van der Waals surface area contributed by atoms with Crippen molar-refractivity contribution in [2.45, 2.75) is 6.54 Å². The maximum atomic E-state index is 14.0. The van der Waals surface area contributed by atoms with Crippen LogP contribution in [0.15, 0.2) is 41.2 Å². The van der Waals surface area contributed by atoms with Crippen LogP contribution in [-0.2, 0) is 6.54 Å². The summed E-state index contributed by atoms with van der Waals surface area (Å²) in [6.07, 6.45) is 3.25. The van der Waals surface area contributed by atoms with Crippen LogP contribution >= 0.6 is 0 Å². The Labute approximate surface area is 107 Å². The van der Waals surface area contributed by atoms with Crippen LogP contribution < -0.4 is 5.73 Å². The van der Waals surface area contributed by atoms with Crippen molar-refractivity contribution >= 4 is 0 Å². The molecule has 6 nitrogen and oxygen atoms in total. The molecule has 0 saturated carbocycles. The highest BCUT2D eigenvalue weighted by Gasteiger charge is 2.11. The standard InChI is InChI=1S/C12H10FN5O/c13-9-6-8(12-16-11(7-14)19-17-12)2-3-10(9)18-5-1-4-15-18/h1-6H,7,14H2. The summed E-state index contributed by atoms with van der Waals surface area (Å²) in [4.78, 5) is 4.04. The minimum atomic E-state index is -0.416. The molecule has 0 atom stereocenters. The van der Waals surface area contributed by atoms with E-state index in [9.17, 15) is 4.39 Å². The molecule has 0 amide bonds. The number of aromatic nitrogens is 4. The molecule has 96 valence electrons. The van der Waals surface area contributed by atoms with Crippen LogP contribution in [0.25, 0.3) is 17.1 Å². The second-order valence-electron chi connectivity index (χ2n) is 3.83. The van der Waals surface area contributed by atoms with Crippen LogP contribution in [0.5, 0.6) is 0 Å². The van der Waals surface area contributed by atoms with Crippen molar-refractivity contribution in [1.82, 2.24) is 19.9 Å². The Balaban J connectivity index is 1.99. The molecule has 0 aliphatic carbocycles. The maximum Gasteiger partial charge on any atom is 0.240 e. The minimum Gasteiger partial charge on any atom is -0.338 e. The van der Waals surface area contributed by atoms with Crippen molar-refractivity contribution < 1.29 is 8.91 Å². The summed E-state index contributed by atoms with van der Waals surface area (Å²) in [5.41, 5.74) is 6.26.